The molecule has 0 saturated carbocycles. The lowest BCUT2D eigenvalue weighted by Crippen LogP contribution is -2.26. The molecule has 2 aromatic rings. The average molecular weight is 303 g/mol. The maximum absolute atomic E-state index is 12.1. The summed E-state index contributed by atoms with van der Waals surface area (Å²) in [4.78, 5) is 12.1. The van der Waals surface area contributed by atoms with Crippen LogP contribution in [0.4, 0.5) is 0 Å². The van der Waals surface area contributed by atoms with E-state index in [1.165, 1.54) is 13.3 Å². The fraction of sp³-hybridized carbons (Fsp3) is 0.125. The summed E-state index contributed by atoms with van der Waals surface area (Å²) in [6.45, 7) is 0. The van der Waals surface area contributed by atoms with Crippen LogP contribution in [0.5, 0.6) is 0 Å². The molecule has 0 aliphatic rings. The summed E-state index contributed by atoms with van der Waals surface area (Å²) in [6, 6.07) is 16.4. The molecule has 0 heterocycles. The first-order chi connectivity index (χ1) is 10.2. The second-order valence-electron chi connectivity index (χ2n) is 4.32. The van der Waals surface area contributed by atoms with Crippen LogP contribution in [0.1, 0.15) is 17.2 Å². The van der Waals surface area contributed by atoms with Crippen molar-refractivity contribution in [3.05, 3.63) is 70.7 Å². The first kappa shape index (κ1) is 15.2. The monoisotopic (exact) mass is 302 g/mol. The van der Waals surface area contributed by atoms with E-state index in [4.69, 9.17) is 16.3 Å². The molecule has 0 radical (unpaired) electrons. The molecule has 0 aliphatic carbocycles. The largest absolute Gasteiger partial charge is 0.367 e. The summed E-state index contributed by atoms with van der Waals surface area (Å²) in [5.41, 5.74) is 4.04. The minimum absolute atomic E-state index is 0.332. The van der Waals surface area contributed by atoms with Gasteiger partial charge in [0.25, 0.3) is 5.91 Å². The van der Waals surface area contributed by atoms with E-state index >= 15 is 0 Å². The van der Waals surface area contributed by atoms with Gasteiger partial charge in [0.1, 0.15) is 0 Å². The van der Waals surface area contributed by atoms with E-state index in [0.717, 1.165) is 11.1 Å². The Morgan fingerprint density at radius 3 is 2.67 bits per heavy atom. The third-order valence-corrected chi connectivity index (χ3v) is 3.05. The van der Waals surface area contributed by atoms with E-state index in [-0.39, 0.29) is 5.91 Å². The van der Waals surface area contributed by atoms with Crippen molar-refractivity contribution < 1.29 is 9.53 Å². The fourth-order valence-electron chi connectivity index (χ4n) is 1.84. The van der Waals surface area contributed by atoms with Crippen molar-refractivity contribution in [1.29, 1.82) is 0 Å². The minimum atomic E-state index is -0.692. The molecule has 2 aromatic carbocycles. The van der Waals surface area contributed by atoms with Crippen molar-refractivity contribution in [3.8, 4) is 0 Å². The molecule has 1 N–H and O–H groups in total. The lowest BCUT2D eigenvalue weighted by molar-refractivity contribution is -0.131. The van der Waals surface area contributed by atoms with E-state index in [0.29, 0.717) is 5.02 Å². The van der Waals surface area contributed by atoms with Crippen molar-refractivity contribution >= 4 is 23.7 Å². The van der Waals surface area contributed by atoms with Crippen molar-refractivity contribution in [3.63, 3.8) is 0 Å². The van der Waals surface area contributed by atoms with Gasteiger partial charge in [-0.15, -0.1) is 0 Å². The summed E-state index contributed by atoms with van der Waals surface area (Å²) in [7, 11) is 1.48. The molecular weight excluding hydrogens is 288 g/mol. The predicted molar refractivity (Wildman–Crippen MR) is 83.4 cm³/mol. The number of nitrogens with one attached hydrogen (secondary N) is 1. The van der Waals surface area contributed by atoms with Gasteiger partial charge in [-0.05, 0) is 23.3 Å². The van der Waals surface area contributed by atoms with Crippen molar-refractivity contribution in [1.82, 2.24) is 5.43 Å². The van der Waals surface area contributed by atoms with Crippen LogP contribution in [0, 0.1) is 0 Å². The lowest BCUT2D eigenvalue weighted by atomic mass is 10.1. The van der Waals surface area contributed by atoms with Gasteiger partial charge in [-0.3, -0.25) is 4.79 Å². The summed E-state index contributed by atoms with van der Waals surface area (Å²) < 4.78 is 5.21. The Bertz CT molecular complexity index is 629. The third-order valence-electron chi connectivity index (χ3n) is 2.81. The predicted octanol–water partition coefficient (Wildman–Crippen LogP) is 3.18. The zero-order valence-corrected chi connectivity index (χ0v) is 12.2. The number of amides is 1. The van der Waals surface area contributed by atoms with E-state index < -0.39 is 6.10 Å². The highest BCUT2D eigenvalue weighted by molar-refractivity contribution is 6.30. The number of hydrogen-bond donors (Lipinski definition) is 1. The highest BCUT2D eigenvalue weighted by Gasteiger charge is 2.18. The maximum atomic E-state index is 12.1. The van der Waals surface area contributed by atoms with Gasteiger partial charge in [0.15, 0.2) is 6.10 Å². The highest BCUT2D eigenvalue weighted by Crippen LogP contribution is 2.16. The standard InChI is InChI=1S/C16H15ClN2O2/c1-21-15(13-7-3-2-4-8-13)16(20)19-18-11-12-6-5-9-14(17)10-12/h2-11,15H,1H3,(H,19,20)/b18-11+. The zero-order chi connectivity index (χ0) is 15.1. The first-order valence-corrected chi connectivity index (χ1v) is 6.74. The SMILES string of the molecule is COC(C(=O)N/N=C/c1cccc(Cl)c1)c1ccccc1. The Labute approximate surface area is 128 Å². The number of nitrogens with zero attached hydrogens (tertiary/aromatic N) is 1. The molecule has 5 heteroatoms. The molecule has 0 aliphatic heterocycles. The molecule has 1 atom stereocenters. The van der Waals surface area contributed by atoms with Crippen molar-refractivity contribution in [2.75, 3.05) is 7.11 Å². The first-order valence-electron chi connectivity index (χ1n) is 6.37. The van der Waals surface area contributed by atoms with Crippen LogP contribution in [0.3, 0.4) is 0 Å². The second-order valence-corrected chi connectivity index (χ2v) is 4.75. The second kappa shape index (κ2) is 7.57. The number of carbonyl (C=O) groups is 1. The van der Waals surface area contributed by atoms with E-state index in [2.05, 4.69) is 10.5 Å². The number of benzene rings is 2. The summed E-state index contributed by atoms with van der Waals surface area (Å²) in [5.74, 6) is -0.332. The molecule has 2 rings (SSSR count). The van der Waals surface area contributed by atoms with Gasteiger partial charge < -0.3 is 4.74 Å². The van der Waals surface area contributed by atoms with Crippen LogP contribution in [0.15, 0.2) is 59.7 Å². The maximum Gasteiger partial charge on any atom is 0.273 e. The molecule has 108 valence electrons. The van der Waals surface area contributed by atoms with E-state index in [1.807, 2.05) is 42.5 Å². The summed E-state index contributed by atoms with van der Waals surface area (Å²) >= 11 is 5.87. The van der Waals surface area contributed by atoms with E-state index in [9.17, 15) is 4.79 Å². The van der Waals surface area contributed by atoms with Crippen molar-refractivity contribution in [2.24, 2.45) is 5.10 Å². The van der Waals surface area contributed by atoms with Gasteiger partial charge in [0.2, 0.25) is 0 Å². The molecule has 0 bridgehead atoms. The molecule has 1 amide bonds. The zero-order valence-electron chi connectivity index (χ0n) is 11.5. The fourth-order valence-corrected chi connectivity index (χ4v) is 2.04. The minimum Gasteiger partial charge on any atom is -0.367 e. The normalized spacial score (nSPS) is 12.3. The number of carbonyl (C=O) groups excluding carboxylic acids is 1. The Balaban J connectivity index is 2.00. The molecule has 4 nitrogen and oxygen atoms in total. The van der Waals surface area contributed by atoms with Gasteiger partial charge in [-0.25, -0.2) is 5.43 Å². The number of hydrazone groups is 1. The van der Waals surface area contributed by atoms with Crippen LogP contribution in [0.25, 0.3) is 0 Å². The Hall–Kier alpha value is -2.17. The molecule has 0 fully saturated rings. The van der Waals surface area contributed by atoms with Gasteiger partial charge in [0, 0.05) is 12.1 Å². The van der Waals surface area contributed by atoms with Crippen LogP contribution in [-0.2, 0) is 9.53 Å². The van der Waals surface area contributed by atoms with Gasteiger partial charge in [-0.2, -0.15) is 5.10 Å². The van der Waals surface area contributed by atoms with Crippen LogP contribution >= 0.6 is 11.6 Å². The van der Waals surface area contributed by atoms with Crippen LogP contribution in [-0.4, -0.2) is 19.2 Å². The Kier molecular flexibility index (Phi) is 5.49. The number of rotatable bonds is 5. The van der Waals surface area contributed by atoms with Gasteiger partial charge >= 0.3 is 0 Å². The third kappa shape index (κ3) is 4.41. The van der Waals surface area contributed by atoms with Crippen LogP contribution in [0.2, 0.25) is 5.02 Å². The number of halogens is 1. The lowest BCUT2D eigenvalue weighted by Gasteiger charge is -2.13. The highest BCUT2D eigenvalue weighted by atomic mass is 35.5. The number of methoxy groups -OCH3 is 1. The molecule has 21 heavy (non-hydrogen) atoms. The smallest absolute Gasteiger partial charge is 0.273 e. The van der Waals surface area contributed by atoms with E-state index in [1.54, 1.807) is 12.1 Å². The molecule has 0 aromatic heterocycles. The average Bonchev–Trinajstić information content (AvgIpc) is 2.49. The summed E-state index contributed by atoms with van der Waals surface area (Å²) in [6.07, 6.45) is 0.837. The molecule has 1 unspecified atom stereocenters. The molecule has 0 spiro atoms. The quantitative estimate of drug-likeness (QED) is 0.681. The topological polar surface area (TPSA) is 50.7 Å². The molecular formula is C16H15ClN2O2. The van der Waals surface area contributed by atoms with Crippen LogP contribution < -0.4 is 5.43 Å². The number of ether oxygens (including phenoxy) is 1. The molecule has 0 saturated heterocycles. The number of hydrogen-bond acceptors (Lipinski definition) is 3. The van der Waals surface area contributed by atoms with Gasteiger partial charge in [-0.1, -0.05) is 54.1 Å². The Morgan fingerprint density at radius 2 is 2.00 bits per heavy atom. The van der Waals surface area contributed by atoms with Crippen molar-refractivity contribution in [2.45, 2.75) is 6.10 Å². The van der Waals surface area contributed by atoms with Gasteiger partial charge in [0.05, 0.1) is 6.21 Å². The Morgan fingerprint density at radius 1 is 1.24 bits per heavy atom. The summed E-state index contributed by atoms with van der Waals surface area (Å²) in [5, 5.41) is 4.53.